The van der Waals surface area contributed by atoms with Gasteiger partial charge in [-0.1, -0.05) is 18.5 Å². The Kier molecular flexibility index (Phi) is 6.97. The summed E-state index contributed by atoms with van der Waals surface area (Å²) in [6.07, 6.45) is 3.66. The molecule has 3 rings (SSSR count). The standard InChI is InChI=1S/C20H25ClN4O3S/c1-2-13-29(27,28)24-18-6-4-17(5-7-18)23-20(26)15-9-11-25(12-10-15)19-8-3-16(21)14-22-19/h3-8,14-15,24H,2,9-13H2,1H3,(H,23,26). The van der Waals surface area contributed by atoms with Gasteiger partial charge in [-0.2, -0.15) is 0 Å². The van der Waals surface area contributed by atoms with Gasteiger partial charge in [-0.3, -0.25) is 9.52 Å². The van der Waals surface area contributed by atoms with Gasteiger partial charge >= 0.3 is 0 Å². The van der Waals surface area contributed by atoms with E-state index in [1.54, 1.807) is 30.5 Å². The highest BCUT2D eigenvalue weighted by atomic mass is 35.5. The van der Waals surface area contributed by atoms with Gasteiger partial charge in [0.2, 0.25) is 15.9 Å². The van der Waals surface area contributed by atoms with Gasteiger partial charge in [0, 0.05) is 36.6 Å². The largest absolute Gasteiger partial charge is 0.357 e. The molecule has 156 valence electrons. The number of anilines is 3. The van der Waals surface area contributed by atoms with Crippen molar-refractivity contribution >= 4 is 44.7 Å². The first-order chi connectivity index (χ1) is 13.9. The summed E-state index contributed by atoms with van der Waals surface area (Å²) >= 11 is 5.88. The van der Waals surface area contributed by atoms with Crippen molar-refractivity contribution in [2.45, 2.75) is 26.2 Å². The normalized spacial score (nSPS) is 15.2. The van der Waals surface area contributed by atoms with Crippen LogP contribution in [0.1, 0.15) is 26.2 Å². The first-order valence-corrected chi connectivity index (χ1v) is 11.7. The summed E-state index contributed by atoms with van der Waals surface area (Å²) in [7, 11) is -3.32. The number of halogens is 1. The zero-order chi connectivity index (χ0) is 20.9. The van der Waals surface area contributed by atoms with Crippen LogP contribution in [0.25, 0.3) is 0 Å². The van der Waals surface area contributed by atoms with Crippen LogP contribution in [0.5, 0.6) is 0 Å². The fraction of sp³-hybridized carbons (Fsp3) is 0.400. The number of hydrogen-bond donors (Lipinski definition) is 2. The van der Waals surface area contributed by atoms with E-state index < -0.39 is 10.0 Å². The molecule has 1 aliphatic heterocycles. The van der Waals surface area contributed by atoms with Crippen molar-refractivity contribution in [2.24, 2.45) is 5.92 Å². The molecule has 2 N–H and O–H groups in total. The summed E-state index contributed by atoms with van der Waals surface area (Å²) in [5.41, 5.74) is 1.13. The SMILES string of the molecule is CCCS(=O)(=O)Nc1ccc(NC(=O)C2CCN(c3ccc(Cl)cn3)CC2)cc1. The lowest BCUT2D eigenvalue weighted by atomic mass is 9.96. The fourth-order valence-electron chi connectivity index (χ4n) is 3.29. The molecule has 1 aliphatic rings. The summed E-state index contributed by atoms with van der Waals surface area (Å²) in [5, 5.41) is 3.53. The molecule has 0 atom stereocenters. The average molecular weight is 437 g/mol. The molecule has 2 aromatic rings. The Hall–Kier alpha value is -2.32. The second-order valence-electron chi connectivity index (χ2n) is 7.08. The third-order valence-electron chi connectivity index (χ3n) is 4.80. The lowest BCUT2D eigenvalue weighted by molar-refractivity contribution is -0.120. The summed E-state index contributed by atoms with van der Waals surface area (Å²) in [5.74, 6) is 0.860. The Morgan fingerprint density at radius 3 is 2.38 bits per heavy atom. The molecule has 0 spiro atoms. The van der Waals surface area contributed by atoms with Crippen LogP contribution < -0.4 is 14.9 Å². The smallest absolute Gasteiger partial charge is 0.232 e. The van der Waals surface area contributed by atoms with Crippen molar-refractivity contribution in [3.8, 4) is 0 Å². The Morgan fingerprint density at radius 1 is 1.14 bits per heavy atom. The molecule has 1 aromatic carbocycles. The number of nitrogens with one attached hydrogen (secondary N) is 2. The topological polar surface area (TPSA) is 91.4 Å². The highest BCUT2D eigenvalue weighted by Crippen LogP contribution is 2.24. The van der Waals surface area contributed by atoms with Crippen LogP contribution in [-0.4, -0.2) is 38.2 Å². The van der Waals surface area contributed by atoms with E-state index in [4.69, 9.17) is 11.6 Å². The summed E-state index contributed by atoms with van der Waals surface area (Å²) in [4.78, 5) is 19.1. The second kappa shape index (κ2) is 9.45. The van der Waals surface area contributed by atoms with E-state index in [9.17, 15) is 13.2 Å². The molecule has 1 fully saturated rings. The number of carbonyl (C=O) groups excluding carboxylic acids is 1. The maximum absolute atomic E-state index is 12.6. The third kappa shape index (κ3) is 6.08. The van der Waals surface area contributed by atoms with Crippen LogP contribution in [0.2, 0.25) is 5.02 Å². The lowest BCUT2D eigenvalue weighted by Gasteiger charge is -2.32. The number of nitrogens with zero attached hydrogens (tertiary/aromatic N) is 2. The van der Waals surface area contributed by atoms with Gasteiger partial charge in [0.1, 0.15) is 5.82 Å². The first kappa shape index (κ1) is 21.4. The van der Waals surface area contributed by atoms with Crippen molar-refractivity contribution in [1.82, 2.24) is 4.98 Å². The number of aromatic nitrogens is 1. The van der Waals surface area contributed by atoms with Crippen molar-refractivity contribution in [1.29, 1.82) is 0 Å². The Labute approximate surface area is 176 Å². The molecule has 0 bridgehead atoms. The van der Waals surface area contributed by atoms with Crippen LogP contribution in [-0.2, 0) is 14.8 Å². The molecule has 9 heteroatoms. The highest BCUT2D eigenvalue weighted by Gasteiger charge is 2.25. The van der Waals surface area contributed by atoms with E-state index in [2.05, 4.69) is 19.9 Å². The van der Waals surface area contributed by atoms with E-state index in [-0.39, 0.29) is 17.6 Å². The zero-order valence-electron chi connectivity index (χ0n) is 16.3. The Morgan fingerprint density at radius 2 is 1.79 bits per heavy atom. The third-order valence-corrected chi connectivity index (χ3v) is 6.52. The number of rotatable bonds is 7. The molecular weight excluding hydrogens is 412 g/mol. The van der Waals surface area contributed by atoms with Crippen molar-refractivity contribution in [3.63, 3.8) is 0 Å². The van der Waals surface area contributed by atoms with Gasteiger partial charge in [0.25, 0.3) is 0 Å². The van der Waals surface area contributed by atoms with Gasteiger partial charge in [0.05, 0.1) is 10.8 Å². The summed E-state index contributed by atoms with van der Waals surface area (Å²) in [6.45, 7) is 3.32. The van der Waals surface area contributed by atoms with Crippen LogP contribution in [0.3, 0.4) is 0 Å². The van der Waals surface area contributed by atoms with E-state index in [0.717, 1.165) is 31.7 Å². The predicted molar refractivity (Wildman–Crippen MR) is 117 cm³/mol. The van der Waals surface area contributed by atoms with Crippen molar-refractivity contribution in [3.05, 3.63) is 47.6 Å². The summed E-state index contributed by atoms with van der Waals surface area (Å²) < 4.78 is 26.2. The maximum atomic E-state index is 12.6. The van der Waals surface area contributed by atoms with Crippen molar-refractivity contribution in [2.75, 3.05) is 33.8 Å². The number of carbonyl (C=O) groups is 1. The van der Waals surface area contributed by atoms with Crippen LogP contribution in [0.15, 0.2) is 42.6 Å². The van der Waals surface area contributed by atoms with Gasteiger partial charge in [-0.15, -0.1) is 0 Å². The molecule has 1 amide bonds. The number of amides is 1. The highest BCUT2D eigenvalue weighted by molar-refractivity contribution is 7.92. The van der Waals surface area contributed by atoms with Crippen LogP contribution in [0, 0.1) is 5.92 Å². The van der Waals surface area contributed by atoms with Crippen molar-refractivity contribution < 1.29 is 13.2 Å². The van der Waals surface area contributed by atoms with Gasteiger partial charge in [-0.25, -0.2) is 13.4 Å². The van der Waals surface area contributed by atoms with Crippen LogP contribution >= 0.6 is 11.6 Å². The molecule has 7 nitrogen and oxygen atoms in total. The molecular formula is C20H25ClN4O3S. The fourth-order valence-corrected chi connectivity index (χ4v) is 4.54. The molecule has 0 aliphatic carbocycles. The van der Waals surface area contributed by atoms with Gasteiger partial charge < -0.3 is 10.2 Å². The quantitative estimate of drug-likeness (QED) is 0.689. The Bertz CT molecular complexity index is 925. The maximum Gasteiger partial charge on any atom is 0.232 e. The molecule has 0 radical (unpaired) electrons. The Balaban J connectivity index is 1.51. The molecule has 0 unspecified atom stereocenters. The number of pyridine rings is 1. The van der Waals surface area contributed by atoms with E-state index in [1.807, 2.05) is 19.1 Å². The monoisotopic (exact) mass is 436 g/mol. The first-order valence-electron chi connectivity index (χ1n) is 9.64. The molecule has 2 heterocycles. The molecule has 0 saturated carbocycles. The minimum absolute atomic E-state index is 0.0203. The number of sulfonamides is 1. The number of piperidine rings is 1. The zero-order valence-corrected chi connectivity index (χ0v) is 17.8. The average Bonchev–Trinajstić information content (AvgIpc) is 2.70. The lowest BCUT2D eigenvalue weighted by Crippen LogP contribution is -2.38. The van der Waals surface area contributed by atoms with E-state index >= 15 is 0 Å². The summed E-state index contributed by atoms with van der Waals surface area (Å²) in [6, 6.07) is 10.4. The van der Waals surface area contributed by atoms with E-state index in [1.165, 1.54) is 0 Å². The minimum atomic E-state index is -3.32. The molecule has 1 aromatic heterocycles. The van der Waals surface area contributed by atoms with Gasteiger partial charge in [0.15, 0.2) is 0 Å². The predicted octanol–water partition coefficient (Wildman–Crippen LogP) is 3.74. The minimum Gasteiger partial charge on any atom is -0.357 e. The van der Waals surface area contributed by atoms with Crippen LogP contribution in [0.4, 0.5) is 17.2 Å². The molecule has 1 saturated heterocycles. The second-order valence-corrected chi connectivity index (χ2v) is 9.36. The van der Waals surface area contributed by atoms with E-state index in [0.29, 0.717) is 22.8 Å². The molecule has 29 heavy (non-hydrogen) atoms. The van der Waals surface area contributed by atoms with Gasteiger partial charge in [-0.05, 0) is 55.7 Å². The number of hydrogen-bond acceptors (Lipinski definition) is 5. The number of benzene rings is 1.